The minimum Gasteiger partial charge on any atom is -0.296 e. The molecule has 1 aromatic carbocycles. The van der Waals surface area contributed by atoms with Gasteiger partial charge in [-0.3, -0.25) is 9.69 Å². The fourth-order valence-corrected chi connectivity index (χ4v) is 1.82. The third-order valence-corrected chi connectivity index (χ3v) is 2.99. The van der Waals surface area contributed by atoms with Crippen LogP contribution in [0.15, 0.2) is 30.3 Å². The van der Waals surface area contributed by atoms with Gasteiger partial charge in [0.2, 0.25) is 0 Å². The van der Waals surface area contributed by atoms with Gasteiger partial charge in [0.1, 0.15) is 0 Å². The maximum Gasteiger partial charge on any atom is 0.166 e. The Labute approximate surface area is 103 Å². The molecule has 0 amide bonds. The standard InChI is InChI=1S/C13H19NOS/c1-4-14(3)12(13(15)10(2)16)11-8-6-5-7-9-11/h5-10,12,16H,4H2,1-3H3. The van der Waals surface area contributed by atoms with E-state index in [1.165, 1.54) is 0 Å². The monoisotopic (exact) mass is 237 g/mol. The molecule has 16 heavy (non-hydrogen) atoms. The van der Waals surface area contributed by atoms with E-state index in [1.807, 2.05) is 56.1 Å². The average Bonchev–Trinajstić information content (AvgIpc) is 2.30. The first-order valence-electron chi connectivity index (χ1n) is 5.55. The van der Waals surface area contributed by atoms with Crippen molar-refractivity contribution in [2.45, 2.75) is 25.1 Å². The van der Waals surface area contributed by atoms with Gasteiger partial charge in [-0.05, 0) is 26.1 Å². The maximum absolute atomic E-state index is 12.1. The van der Waals surface area contributed by atoms with E-state index in [9.17, 15) is 4.79 Å². The Morgan fingerprint density at radius 1 is 1.38 bits per heavy atom. The highest BCUT2D eigenvalue weighted by Crippen LogP contribution is 2.22. The number of thiol groups is 1. The molecule has 0 saturated carbocycles. The predicted molar refractivity (Wildman–Crippen MR) is 70.9 cm³/mol. The van der Waals surface area contributed by atoms with Gasteiger partial charge >= 0.3 is 0 Å². The molecule has 0 saturated heterocycles. The van der Waals surface area contributed by atoms with Crippen molar-refractivity contribution in [2.24, 2.45) is 0 Å². The second kappa shape index (κ2) is 6.06. The van der Waals surface area contributed by atoms with Crippen molar-refractivity contribution in [1.82, 2.24) is 4.90 Å². The van der Waals surface area contributed by atoms with E-state index in [2.05, 4.69) is 12.6 Å². The molecule has 1 rings (SSSR count). The Morgan fingerprint density at radius 3 is 2.38 bits per heavy atom. The molecule has 0 N–H and O–H groups in total. The first-order chi connectivity index (χ1) is 7.57. The molecule has 88 valence electrons. The summed E-state index contributed by atoms with van der Waals surface area (Å²) in [6.45, 7) is 4.71. The van der Waals surface area contributed by atoms with Gasteiger partial charge in [0.25, 0.3) is 0 Å². The van der Waals surface area contributed by atoms with Crippen molar-refractivity contribution in [3.05, 3.63) is 35.9 Å². The number of likely N-dealkylation sites (N-methyl/N-ethyl adjacent to an activating group) is 1. The van der Waals surface area contributed by atoms with Crippen LogP contribution in [-0.4, -0.2) is 29.5 Å². The highest BCUT2D eigenvalue weighted by Gasteiger charge is 2.26. The van der Waals surface area contributed by atoms with Crippen LogP contribution in [-0.2, 0) is 4.79 Å². The molecule has 0 fully saturated rings. The van der Waals surface area contributed by atoms with Gasteiger partial charge in [-0.1, -0.05) is 37.3 Å². The number of carbonyl (C=O) groups is 1. The van der Waals surface area contributed by atoms with Gasteiger partial charge < -0.3 is 0 Å². The topological polar surface area (TPSA) is 20.3 Å². The summed E-state index contributed by atoms with van der Waals surface area (Å²) in [6.07, 6.45) is 0. The van der Waals surface area contributed by atoms with Crippen LogP contribution in [0.4, 0.5) is 0 Å². The lowest BCUT2D eigenvalue weighted by Crippen LogP contribution is -2.34. The third-order valence-electron chi connectivity index (χ3n) is 2.74. The quantitative estimate of drug-likeness (QED) is 0.794. The smallest absolute Gasteiger partial charge is 0.166 e. The second-order valence-electron chi connectivity index (χ2n) is 3.96. The third kappa shape index (κ3) is 3.09. The molecular formula is C13H19NOS. The fraction of sp³-hybridized carbons (Fsp3) is 0.462. The molecule has 0 aliphatic carbocycles. The first-order valence-corrected chi connectivity index (χ1v) is 6.06. The summed E-state index contributed by atoms with van der Waals surface area (Å²) < 4.78 is 0. The van der Waals surface area contributed by atoms with E-state index in [0.717, 1.165) is 12.1 Å². The number of hydrogen-bond acceptors (Lipinski definition) is 3. The summed E-state index contributed by atoms with van der Waals surface area (Å²) in [5.74, 6) is 0.152. The number of rotatable bonds is 5. The number of ketones is 1. The van der Waals surface area contributed by atoms with Crippen LogP contribution < -0.4 is 0 Å². The molecular weight excluding hydrogens is 218 g/mol. The molecule has 1 aromatic rings. The summed E-state index contributed by atoms with van der Waals surface area (Å²) in [4.78, 5) is 14.2. The minimum atomic E-state index is -0.237. The molecule has 0 aliphatic heterocycles. The molecule has 0 radical (unpaired) electrons. The molecule has 0 heterocycles. The zero-order valence-corrected chi connectivity index (χ0v) is 10.9. The lowest BCUT2D eigenvalue weighted by atomic mass is 9.99. The summed E-state index contributed by atoms with van der Waals surface area (Å²) in [6, 6.07) is 9.68. The van der Waals surface area contributed by atoms with Crippen molar-refractivity contribution in [3.8, 4) is 0 Å². The van der Waals surface area contributed by atoms with E-state index in [4.69, 9.17) is 0 Å². The number of hydrogen-bond donors (Lipinski definition) is 1. The molecule has 2 atom stereocenters. The van der Waals surface area contributed by atoms with E-state index < -0.39 is 0 Å². The SMILES string of the molecule is CCN(C)C(C(=O)C(C)S)c1ccccc1. The number of nitrogens with zero attached hydrogens (tertiary/aromatic N) is 1. The van der Waals surface area contributed by atoms with Gasteiger partial charge in [0.05, 0.1) is 11.3 Å². The van der Waals surface area contributed by atoms with E-state index in [-0.39, 0.29) is 17.1 Å². The van der Waals surface area contributed by atoms with Gasteiger partial charge in [0.15, 0.2) is 5.78 Å². The highest BCUT2D eigenvalue weighted by atomic mass is 32.1. The van der Waals surface area contributed by atoms with Crippen LogP contribution in [0, 0.1) is 0 Å². The Morgan fingerprint density at radius 2 is 1.94 bits per heavy atom. The molecule has 2 nitrogen and oxygen atoms in total. The number of benzene rings is 1. The summed E-state index contributed by atoms with van der Waals surface area (Å²) in [7, 11) is 1.96. The largest absolute Gasteiger partial charge is 0.296 e. The number of carbonyl (C=O) groups excluding carboxylic acids is 1. The van der Waals surface area contributed by atoms with Crippen LogP contribution in [0.3, 0.4) is 0 Å². The normalized spacial score (nSPS) is 14.8. The first kappa shape index (κ1) is 13.3. The van der Waals surface area contributed by atoms with Crippen molar-refractivity contribution in [2.75, 3.05) is 13.6 Å². The van der Waals surface area contributed by atoms with Gasteiger partial charge in [-0.25, -0.2) is 0 Å². The lowest BCUT2D eigenvalue weighted by Gasteiger charge is -2.27. The van der Waals surface area contributed by atoms with Crippen molar-refractivity contribution >= 4 is 18.4 Å². The molecule has 2 unspecified atom stereocenters. The van der Waals surface area contributed by atoms with Crippen LogP contribution in [0.5, 0.6) is 0 Å². The molecule has 0 aromatic heterocycles. The van der Waals surface area contributed by atoms with Crippen molar-refractivity contribution in [1.29, 1.82) is 0 Å². The van der Waals surface area contributed by atoms with Crippen molar-refractivity contribution < 1.29 is 4.79 Å². The van der Waals surface area contributed by atoms with Crippen LogP contribution in [0.2, 0.25) is 0 Å². The average molecular weight is 237 g/mol. The number of Topliss-reactive ketones (excluding diaryl/α,β-unsaturated/α-hetero) is 1. The van der Waals surface area contributed by atoms with Gasteiger partial charge in [-0.2, -0.15) is 12.6 Å². The minimum absolute atomic E-state index is 0.152. The van der Waals surface area contributed by atoms with E-state index in [0.29, 0.717) is 0 Å². The Balaban J connectivity index is 3.01. The van der Waals surface area contributed by atoms with E-state index >= 15 is 0 Å². The Hall–Kier alpha value is -0.800. The van der Waals surface area contributed by atoms with Crippen LogP contribution >= 0.6 is 12.6 Å². The van der Waals surface area contributed by atoms with Crippen molar-refractivity contribution in [3.63, 3.8) is 0 Å². The van der Waals surface area contributed by atoms with Crippen LogP contribution in [0.1, 0.15) is 25.5 Å². The molecule has 0 bridgehead atoms. The van der Waals surface area contributed by atoms with E-state index in [1.54, 1.807) is 0 Å². The lowest BCUT2D eigenvalue weighted by molar-refractivity contribution is -0.123. The predicted octanol–water partition coefficient (Wildman–Crippen LogP) is 2.57. The van der Waals surface area contributed by atoms with Crippen LogP contribution in [0.25, 0.3) is 0 Å². The molecule has 3 heteroatoms. The summed E-state index contributed by atoms with van der Waals surface area (Å²) in [5.41, 5.74) is 1.04. The summed E-state index contributed by atoms with van der Waals surface area (Å²) in [5, 5.41) is -0.237. The van der Waals surface area contributed by atoms with Gasteiger partial charge in [0, 0.05) is 0 Å². The Kier molecular flexibility index (Phi) is 5.03. The fourth-order valence-electron chi connectivity index (χ4n) is 1.68. The highest BCUT2D eigenvalue weighted by molar-refractivity contribution is 7.81. The second-order valence-corrected chi connectivity index (χ2v) is 4.74. The van der Waals surface area contributed by atoms with Gasteiger partial charge in [-0.15, -0.1) is 0 Å². The molecule has 0 aliphatic rings. The Bertz CT molecular complexity index is 337. The zero-order valence-electron chi connectivity index (χ0n) is 10.1. The molecule has 0 spiro atoms. The maximum atomic E-state index is 12.1. The summed E-state index contributed by atoms with van der Waals surface area (Å²) >= 11 is 4.24. The zero-order chi connectivity index (χ0) is 12.1.